The molecule has 0 saturated carbocycles. The van der Waals surface area contributed by atoms with Crippen LogP contribution >= 0.6 is 7.82 Å². The number of phosphoric acid groups is 1. The molecule has 412 valence electrons. The summed E-state index contributed by atoms with van der Waals surface area (Å²) in [5.74, 6) is 1.09. The molecular formula is C64H101CaO8P. The van der Waals surface area contributed by atoms with Gasteiger partial charge in [0.25, 0.3) is 0 Å². The van der Waals surface area contributed by atoms with E-state index in [1.54, 1.807) is 0 Å². The Kier molecular flexibility index (Phi) is 20.5. The van der Waals surface area contributed by atoms with Crippen molar-refractivity contribution in [3.63, 3.8) is 0 Å². The van der Waals surface area contributed by atoms with Gasteiger partial charge >= 0.3 is 45.6 Å². The Bertz CT molecular complexity index is 2320. The Hall–Kier alpha value is -2.55. The summed E-state index contributed by atoms with van der Waals surface area (Å²) in [4.78, 5) is 12.3. The van der Waals surface area contributed by atoms with Gasteiger partial charge in [0, 0.05) is 0 Å². The zero-order valence-electron chi connectivity index (χ0n) is 49.9. The van der Waals surface area contributed by atoms with Crippen LogP contribution in [-0.4, -0.2) is 75.3 Å². The topological polar surface area (TPSA) is 137 Å². The fraction of sp³-hybridized carbons (Fsp3) is 0.625. The first-order chi connectivity index (χ1) is 32.6. The van der Waals surface area contributed by atoms with Gasteiger partial charge in [-0.05, 0) is 149 Å². The Morgan fingerprint density at radius 1 is 0.351 bits per heavy atom. The first kappa shape index (κ1) is 65.7. The normalized spacial score (nSPS) is 15.1. The molecule has 5 N–H and O–H groups in total. The average molecular weight is 1070 g/mol. The molecule has 10 heteroatoms. The second kappa shape index (κ2) is 23.0. The Morgan fingerprint density at radius 2 is 0.514 bits per heavy atom. The third kappa shape index (κ3) is 17.2. The summed E-state index contributed by atoms with van der Waals surface area (Å²) in [7, 11) is -4.86. The van der Waals surface area contributed by atoms with E-state index in [2.05, 4.69) is 190 Å². The van der Waals surface area contributed by atoms with E-state index in [1.807, 2.05) is 24.3 Å². The van der Waals surface area contributed by atoms with Crippen LogP contribution in [0.25, 0.3) is 0 Å². The molecule has 0 amide bonds. The first-order valence-electron chi connectivity index (χ1n) is 26.8. The van der Waals surface area contributed by atoms with Crippen molar-refractivity contribution in [1.29, 1.82) is 0 Å². The van der Waals surface area contributed by atoms with Crippen LogP contribution in [0.4, 0.5) is 0 Å². The zero-order chi connectivity index (χ0) is 56.2. The second-order valence-electron chi connectivity index (χ2n) is 29.6. The third-order valence-electron chi connectivity index (χ3n) is 14.1. The van der Waals surface area contributed by atoms with Gasteiger partial charge in [0.15, 0.2) is 0 Å². The van der Waals surface area contributed by atoms with Gasteiger partial charge in [-0.3, -0.25) is 9.05 Å². The molecule has 0 spiro atoms. The molecule has 0 aromatic heterocycles. The van der Waals surface area contributed by atoms with Crippen LogP contribution in [0.3, 0.4) is 0 Å². The van der Waals surface area contributed by atoms with Gasteiger partial charge in [-0.1, -0.05) is 215 Å². The monoisotopic (exact) mass is 1070 g/mol. The van der Waals surface area contributed by atoms with Crippen LogP contribution in [0.5, 0.6) is 23.0 Å². The summed E-state index contributed by atoms with van der Waals surface area (Å²) in [6, 6.07) is 16.2. The number of aromatic hydroxyl groups is 4. The van der Waals surface area contributed by atoms with Crippen molar-refractivity contribution in [2.24, 2.45) is 0 Å². The quantitative estimate of drug-likeness (QED) is 0.0622. The van der Waals surface area contributed by atoms with Gasteiger partial charge in [0.05, 0.1) is 12.2 Å². The van der Waals surface area contributed by atoms with Gasteiger partial charge in [0.2, 0.25) is 0 Å². The molecule has 0 radical (unpaired) electrons. The SMILES string of the molecule is CC(C)(C)c1cc(CCC(Cc2cc(C(C)(C)C)c(O)c(C(C)(C)C)c2)OP(=O)(O)OC(CCc2cc(C(C)(C)C)c(O)c(C(C)(C)C)c2)Cc2cc(C(C)(C)C)c(O)c(C(C)(C)C)c2)cc(C(C)(C)C)c1O.[CaH2]. The van der Waals surface area contributed by atoms with Crippen molar-refractivity contribution in [2.75, 3.05) is 0 Å². The summed E-state index contributed by atoms with van der Waals surface area (Å²) in [6.07, 6.45) is 0.609. The maximum absolute atomic E-state index is 15.0. The number of rotatable bonds is 14. The predicted molar refractivity (Wildman–Crippen MR) is 314 cm³/mol. The molecule has 8 nitrogen and oxygen atoms in total. The summed E-state index contributed by atoms with van der Waals surface area (Å²) in [5.41, 5.74) is 7.24. The van der Waals surface area contributed by atoms with E-state index in [1.165, 1.54) is 0 Å². The fourth-order valence-electron chi connectivity index (χ4n) is 9.84. The number of hydrogen-bond acceptors (Lipinski definition) is 7. The molecule has 2 unspecified atom stereocenters. The van der Waals surface area contributed by atoms with Gasteiger partial charge in [-0.2, -0.15) is 0 Å². The van der Waals surface area contributed by atoms with Gasteiger partial charge in [-0.15, -0.1) is 0 Å². The number of hydrogen-bond donors (Lipinski definition) is 5. The van der Waals surface area contributed by atoms with Crippen molar-refractivity contribution in [2.45, 2.75) is 260 Å². The van der Waals surface area contributed by atoms with E-state index >= 15 is 4.57 Å². The molecule has 0 heterocycles. The molecule has 4 aromatic carbocycles. The Balaban J connectivity index is 0.0000144. The Morgan fingerprint density at radius 3 is 0.676 bits per heavy atom. The van der Waals surface area contributed by atoms with E-state index in [-0.39, 0.29) is 83.7 Å². The summed E-state index contributed by atoms with van der Waals surface area (Å²) < 4.78 is 28.1. The Labute approximate surface area is 479 Å². The molecule has 0 aliphatic rings. The summed E-state index contributed by atoms with van der Waals surface area (Å²) in [5, 5.41) is 46.6. The molecule has 74 heavy (non-hydrogen) atoms. The number of phenolic OH excluding ortho intramolecular Hbond substituents is 4. The van der Waals surface area contributed by atoms with Crippen molar-refractivity contribution in [1.82, 2.24) is 0 Å². The predicted octanol–water partition coefficient (Wildman–Crippen LogP) is 15.9. The standard InChI is InChI=1S/C64H99O8P.Ca.2H/c1-57(2,3)45-31-39(32-46(53(45)65)58(4,5)6)25-27-43(29-41-35-49(61(13,14)15)55(67)50(36-41)62(16,17)18)71-73(69,70)72-44(30-42-37-51(63(19,20)21)56(68)52(38-42)64(22,23)24)28-26-40-33-47(59(7,8)9)54(66)48(34-40)60(10,11)12;;;/h31-38,43-44,65-68H,25-30H2,1-24H3,(H,69,70);;;. The minimum absolute atomic E-state index is 0. The molecule has 0 fully saturated rings. The average Bonchev–Trinajstić information content (AvgIpc) is 3.17. The summed E-state index contributed by atoms with van der Waals surface area (Å²) in [6.45, 7) is 49.9. The molecule has 0 bridgehead atoms. The van der Waals surface area contributed by atoms with Crippen LogP contribution in [-0.2, 0) is 82.6 Å². The number of benzene rings is 4. The first-order valence-corrected chi connectivity index (χ1v) is 28.3. The van der Waals surface area contributed by atoms with Crippen LogP contribution in [0, 0.1) is 0 Å². The van der Waals surface area contributed by atoms with E-state index in [0.29, 0.717) is 37.2 Å². The number of aryl methyl sites for hydroxylation is 2. The zero-order valence-corrected chi connectivity index (χ0v) is 50.8. The molecule has 4 rings (SSSR count). The molecule has 4 aromatic rings. The van der Waals surface area contributed by atoms with Gasteiger partial charge < -0.3 is 25.3 Å². The van der Waals surface area contributed by atoms with E-state index in [9.17, 15) is 25.3 Å². The number of phosphoric ester groups is 1. The fourth-order valence-corrected chi connectivity index (χ4v) is 11.0. The molecule has 2 atom stereocenters. The van der Waals surface area contributed by atoms with Crippen LogP contribution in [0.1, 0.15) is 246 Å². The van der Waals surface area contributed by atoms with E-state index < -0.39 is 41.7 Å². The summed E-state index contributed by atoms with van der Waals surface area (Å²) >= 11 is 0. The van der Waals surface area contributed by atoms with Crippen molar-refractivity contribution in [3.05, 3.63) is 115 Å². The maximum atomic E-state index is 15.0. The molecule has 0 saturated heterocycles. The van der Waals surface area contributed by atoms with Crippen LogP contribution in [0.15, 0.2) is 48.5 Å². The van der Waals surface area contributed by atoms with Crippen molar-refractivity contribution in [3.8, 4) is 23.0 Å². The molecule has 0 aliphatic carbocycles. The second-order valence-corrected chi connectivity index (χ2v) is 30.9. The van der Waals surface area contributed by atoms with Gasteiger partial charge in [0.1, 0.15) is 23.0 Å². The van der Waals surface area contributed by atoms with Crippen LogP contribution < -0.4 is 0 Å². The minimum atomic E-state index is -4.86. The van der Waals surface area contributed by atoms with Crippen LogP contribution in [0.2, 0.25) is 0 Å². The van der Waals surface area contributed by atoms with Crippen molar-refractivity contribution >= 4 is 45.6 Å². The molecular weight excluding hydrogens is 968 g/mol. The number of phenols is 4. The van der Waals surface area contributed by atoms with E-state index in [0.717, 1.165) is 66.8 Å². The third-order valence-corrected chi connectivity index (χ3v) is 15.3. The molecule has 0 aliphatic heterocycles. The van der Waals surface area contributed by atoms with Gasteiger partial charge in [-0.25, -0.2) is 4.57 Å². The van der Waals surface area contributed by atoms with Crippen molar-refractivity contribution < 1.29 is 38.9 Å². The van der Waals surface area contributed by atoms with E-state index in [4.69, 9.17) is 9.05 Å².